The van der Waals surface area contributed by atoms with Gasteiger partial charge in [-0.1, -0.05) is 15.9 Å². The summed E-state index contributed by atoms with van der Waals surface area (Å²) in [6, 6.07) is 12.7. The highest BCUT2D eigenvalue weighted by molar-refractivity contribution is 9.09. The Kier molecular flexibility index (Phi) is 6.06. The monoisotopic (exact) mass is 397 g/mol. The van der Waals surface area contributed by atoms with E-state index in [4.69, 9.17) is 0 Å². The Hall–Kier alpha value is -1.64. The van der Waals surface area contributed by atoms with Gasteiger partial charge in [0.2, 0.25) is 0 Å². The van der Waals surface area contributed by atoms with Crippen molar-refractivity contribution in [1.82, 2.24) is 15.0 Å². The van der Waals surface area contributed by atoms with E-state index in [1.165, 1.54) is 15.9 Å². The molecule has 0 aromatic carbocycles. The van der Waals surface area contributed by atoms with Crippen molar-refractivity contribution in [2.75, 3.05) is 11.5 Å². The van der Waals surface area contributed by atoms with Crippen LogP contribution in [0, 0.1) is 0 Å². The number of hydrogen-bond acceptors (Lipinski definition) is 3. The first-order valence-corrected chi connectivity index (χ1v) is 11.1. The zero-order chi connectivity index (χ0) is 16.7. The molecule has 0 radical (unpaired) electrons. The van der Waals surface area contributed by atoms with Gasteiger partial charge < -0.3 is 0 Å². The number of alkyl halides is 1. The Labute approximate surface area is 152 Å². The van der Waals surface area contributed by atoms with Gasteiger partial charge in [0.15, 0.2) is 0 Å². The van der Waals surface area contributed by atoms with Crippen LogP contribution in [0.15, 0.2) is 73.6 Å². The molecular formula is C19H20BrN3P+. The number of pyridine rings is 3. The van der Waals surface area contributed by atoms with Crippen LogP contribution in [-0.4, -0.2) is 26.4 Å². The van der Waals surface area contributed by atoms with Crippen LogP contribution in [0.2, 0.25) is 0 Å². The van der Waals surface area contributed by atoms with Crippen LogP contribution in [0.25, 0.3) is 0 Å². The Morgan fingerprint density at radius 2 is 1.17 bits per heavy atom. The van der Waals surface area contributed by atoms with Gasteiger partial charge in [0.1, 0.15) is 23.2 Å². The van der Waals surface area contributed by atoms with E-state index in [1.54, 1.807) is 0 Å². The lowest BCUT2D eigenvalue weighted by molar-refractivity contribution is 0.908. The van der Waals surface area contributed by atoms with Gasteiger partial charge in [-0.25, -0.2) is 0 Å². The quantitative estimate of drug-likeness (QED) is 0.349. The van der Waals surface area contributed by atoms with Crippen LogP contribution >= 0.6 is 23.2 Å². The first kappa shape index (κ1) is 17.2. The van der Waals surface area contributed by atoms with Crippen molar-refractivity contribution in [1.29, 1.82) is 0 Å². The van der Waals surface area contributed by atoms with Crippen molar-refractivity contribution in [3.63, 3.8) is 0 Å². The van der Waals surface area contributed by atoms with E-state index in [9.17, 15) is 0 Å². The molecule has 0 unspecified atom stereocenters. The summed E-state index contributed by atoms with van der Waals surface area (Å²) in [5, 5.41) is 4.90. The van der Waals surface area contributed by atoms with Gasteiger partial charge in [-0.15, -0.1) is 0 Å². The fourth-order valence-electron chi connectivity index (χ4n) is 3.02. The molecule has 0 amide bonds. The van der Waals surface area contributed by atoms with E-state index in [-0.39, 0.29) is 0 Å². The number of nitrogens with zero attached hydrogens (tertiary/aromatic N) is 3. The van der Waals surface area contributed by atoms with Gasteiger partial charge in [0, 0.05) is 23.9 Å². The van der Waals surface area contributed by atoms with Crippen molar-refractivity contribution in [3.05, 3.63) is 73.6 Å². The molecule has 3 rings (SSSR count). The van der Waals surface area contributed by atoms with Crippen LogP contribution in [0.1, 0.15) is 12.8 Å². The Morgan fingerprint density at radius 1 is 0.708 bits per heavy atom. The predicted octanol–water partition coefficient (Wildman–Crippen LogP) is 3.34. The number of aromatic nitrogens is 3. The fraction of sp³-hybridized carbons (Fsp3) is 0.211. The third-order valence-corrected chi connectivity index (χ3v) is 9.12. The maximum absolute atomic E-state index is 4.41. The molecule has 0 saturated carbocycles. The zero-order valence-corrected chi connectivity index (χ0v) is 15.9. The molecule has 0 aliphatic carbocycles. The summed E-state index contributed by atoms with van der Waals surface area (Å²) in [4.78, 5) is 13.2. The lowest BCUT2D eigenvalue weighted by Gasteiger charge is -2.26. The molecule has 0 bridgehead atoms. The molecule has 0 spiro atoms. The third-order valence-electron chi connectivity index (χ3n) is 4.14. The van der Waals surface area contributed by atoms with Crippen molar-refractivity contribution in [2.24, 2.45) is 0 Å². The SMILES string of the molecule is [76Br]CCCC[P+](c1cccnc1)(c1cccnc1)c1cccnc1. The maximum atomic E-state index is 4.41. The molecule has 0 aliphatic rings. The summed E-state index contributed by atoms with van der Waals surface area (Å²) >= 11 is 3.56. The third kappa shape index (κ3) is 3.55. The summed E-state index contributed by atoms with van der Waals surface area (Å²) < 4.78 is 0. The zero-order valence-electron chi connectivity index (χ0n) is 13.4. The Balaban J connectivity index is 2.20. The molecule has 0 saturated heterocycles. The van der Waals surface area contributed by atoms with Crippen LogP contribution < -0.4 is 15.9 Å². The largest absolute Gasteiger partial charge is 0.261 e. The van der Waals surface area contributed by atoms with Crippen LogP contribution in [0.3, 0.4) is 0 Å². The van der Waals surface area contributed by atoms with Crippen LogP contribution in [0.5, 0.6) is 0 Å². The van der Waals surface area contributed by atoms with Crippen molar-refractivity contribution >= 4 is 39.1 Å². The Bertz CT molecular complexity index is 642. The van der Waals surface area contributed by atoms with E-state index in [0.717, 1.165) is 24.3 Å². The standard InChI is InChI=1S/C19H20BrN3P/c20-9-1-2-13-24(17-6-3-10-21-14-17,18-7-4-11-22-15-18)19-8-5-12-23-16-19/h3-8,10-12,14-16H,1-2,9,13H2/q+1/i20-4. The summed E-state index contributed by atoms with van der Waals surface area (Å²) in [6.07, 6.45) is 15.0. The van der Waals surface area contributed by atoms with Gasteiger partial charge in [-0.05, 0) is 49.2 Å². The average molecular weight is 397 g/mol. The van der Waals surface area contributed by atoms with E-state index in [2.05, 4.69) is 49.1 Å². The molecule has 0 fully saturated rings. The summed E-state index contributed by atoms with van der Waals surface area (Å²) in [7, 11) is -1.79. The number of rotatable bonds is 7. The molecule has 3 aromatic heterocycles. The lowest BCUT2D eigenvalue weighted by Crippen LogP contribution is -2.34. The van der Waals surface area contributed by atoms with Gasteiger partial charge in [0.25, 0.3) is 0 Å². The molecule has 0 N–H and O–H groups in total. The van der Waals surface area contributed by atoms with E-state index < -0.39 is 7.26 Å². The topological polar surface area (TPSA) is 38.7 Å². The summed E-state index contributed by atoms with van der Waals surface area (Å²) in [5.74, 6) is 0. The van der Waals surface area contributed by atoms with Crippen LogP contribution in [-0.2, 0) is 0 Å². The average Bonchev–Trinajstić information content (AvgIpc) is 2.68. The molecule has 0 atom stereocenters. The molecule has 0 aliphatic heterocycles. The van der Waals surface area contributed by atoms with Gasteiger partial charge in [-0.3, -0.25) is 15.0 Å². The van der Waals surface area contributed by atoms with Crippen molar-refractivity contribution in [3.8, 4) is 0 Å². The molecule has 3 aromatic rings. The van der Waals surface area contributed by atoms with Crippen molar-refractivity contribution < 1.29 is 0 Å². The summed E-state index contributed by atoms with van der Waals surface area (Å²) in [5.41, 5.74) is 0. The second kappa shape index (κ2) is 8.46. The van der Waals surface area contributed by atoms with E-state index >= 15 is 0 Å². The minimum Gasteiger partial charge on any atom is -0.261 e. The highest BCUT2D eigenvalue weighted by atomic mass is 75.9. The predicted molar refractivity (Wildman–Crippen MR) is 106 cm³/mol. The second-order valence-corrected chi connectivity index (χ2v) is 9.97. The highest BCUT2D eigenvalue weighted by Gasteiger charge is 2.45. The molecule has 3 nitrogen and oxygen atoms in total. The minimum absolute atomic E-state index is 1.03. The number of unbranched alkanes of at least 4 members (excludes halogenated alkanes) is 1. The molecule has 3 heterocycles. The highest BCUT2D eigenvalue weighted by Crippen LogP contribution is 2.55. The first-order valence-electron chi connectivity index (χ1n) is 8.04. The van der Waals surface area contributed by atoms with Gasteiger partial charge in [-0.2, -0.15) is 0 Å². The smallest absolute Gasteiger partial charge is 0.123 e. The summed E-state index contributed by atoms with van der Waals surface area (Å²) in [6.45, 7) is 0. The van der Waals surface area contributed by atoms with E-state index in [1.807, 2.05) is 55.4 Å². The normalized spacial score (nSPS) is 11.4. The van der Waals surface area contributed by atoms with E-state index in [0.29, 0.717) is 0 Å². The first-order chi connectivity index (χ1) is 11.9. The number of halogens is 1. The molecular weight excluding hydrogens is 377 g/mol. The second-order valence-electron chi connectivity index (χ2n) is 5.56. The fourth-order valence-corrected chi connectivity index (χ4v) is 7.59. The molecule has 122 valence electrons. The van der Waals surface area contributed by atoms with Gasteiger partial charge >= 0.3 is 0 Å². The lowest BCUT2D eigenvalue weighted by atomic mass is 10.4. The molecule has 5 heteroatoms. The minimum atomic E-state index is -1.79. The molecule has 24 heavy (non-hydrogen) atoms. The van der Waals surface area contributed by atoms with Crippen LogP contribution in [0.4, 0.5) is 0 Å². The maximum Gasteiger partial charge on any atom is 0.123 e. The Morgan fingerprint density at radius 3 is 1.50 bits per heavy atom. The van der Waals surface area contributed by atoms with Gasteiger partial charge in [0.05, 0.1) is 24.8 Å². The number of hydrogen-bond donors (Lipinski definition) is 0. The van der Waals surface area contributed by atoms with Crippen molar-refractivity contribution in [2.45, 2.75) is 12.8 Å².